The molecule has 1 unspecified atom stereocenters. The fourth-order valence-corrected chi connectivity index (χ4v) is 4.81. The zero-order chi connectivity index (χ0) is 30.6. The van der Waals surface area contributed by atoms with Gasteiger partial charge < -0.3 is 10.6 Å². The van der Waals surface area contributed by atoms with Crippen molar-refractivity contribution in [3.05, 3.63) is 105 Å². The van der Waals surface area contributed by atoms with E-state index in [-0.39, 0.29) is 33.5 Å². The van der Waals surface area contributed by atoms with Crippen LogP contribution in [0.25, 0.3) is 11.1 Å². The van der Waals surface area contributed by atoms with Crippen molar-refractivity contribution in [2.75, 3.05) is 5.32 Å². The molecule has 2 heterocycles. The average molecular weight is 600 g/mol. The van der Waals surface area contributed by atoms with Crippen LogP contribution < -0.4 is 10.6 Å². The molecule has 0 fully saturated rings. The van der Waals surface area contributed by atoms with Crippen molar-refractivity contribution in [2.45, 2.75) is 31.6 Å². The minimum Gasteiger partial charge on any atom is -0.341 e. The van der Waals surface area contributed by atoms with E-state index in [2.05, 4.69) is 21.8 Å². The van der Waals surface area contributed by atoms with Gasteiger partial charge >= 0.3 is 6.18 Å². The lowest BCUT2D eigenvalue weighted by Crippen LogP contribution is -2.24. The number of halogens is 6. The van der Waals surface area contributed by atoms with E-state index in [1.165, 1.54) is 29.1 Å². The Balaban J connectivity index is 1.67. The molecule has 0 saturated carbocycles. The highest BCUT2D eigenvalue weighted by atomic mass is 35.5. The number of nitrogens with zero attached hydrogens (tertiary/aromatic N) is 3. The number of carbonyl (C=O) groups excluding carboxylic acids is 2. The number of hydrogen-bond acceptors (Lipinski definition) is 4. The van der Waals surface area contributed by atoms with Crippen LogP contribution in [0.1, 0.15) is 57.3 Å². The van der Waals surface area contributed by atoms with Crippen LogP contribution in [0.5, 0.6) is 0 Å². The molecule has 0 bridgehead atoms. The molecule has 1 aromatic heterocycles. The van der Waals surface area contributed by atoms with Crippen molar-refractivity contribution >= 4 is 29.1 Å². The van der Waals surface area contributed by atoms with Gasteiger partial charge in [-0.25, -0.2) is 8.78 Å². The highest BCUT2D eigenvalue weighted by Crippen LogP contribution is 2.42. The molecule has 0 saturated heterocycles. The van der Waals surface area contributed by atoms with Crippen molar-refractivity contribution in [3.63, 3.8) is 0 Å². The Morgan fingerprint density at radius 1 is 1.07 bits per heavy atom. The number of hydrogen-bond donors (Lipinski definition) is 2. The molecule has 0 spiro atoms. The van der Waals surface area contributed by atoms with Gasteiger partial charge in [0.1, 0.15) is 17.2 Å². The SMILES string of the molecule is CC(C)(C#N)n1cc(-c2cc(NC(=O)c3cc(F)cc(C(F)(F)F)c3)c3c(c2)C(=O)NC3c2cc(F)ccc2Cl)cn1. The Bertz CT molecular complexity index is 1810. The topological polar surface area (TPSA) is 99.8 Å². The Labute approximate surface area is 240 Å². The summed E-state index contributed by atoms with van der Waals surface area (Å²) in [6, 6.07) is 8.94. The van der Waals surface area contributed by atoms with Gasteiger partial charge in [-0.1, -0.05) is 11.6 Å². The molecule has 13 heteroatoms. The molecule has 0 aliphatic carbocycles. The van der Waals surface area contributed by atoms with Crippen LogP contribution in [0.2, 0.25) is 5.02 Å². The lowest BCUT2D eigenvalue weighted by atomic mass is 9.93. The van der Waals surface area contributed by atoms with Crippen molar-refractivity contribution < 1.29 is 31.5 Å². The van der Waals surface area contributed by atoms with Gasteiger partial charge in [0.2, 0.25) is 0 Å². The first-order chi connectivity index (χ1) is 19.7. The number of carbonyl (C=O) groups is 2. The molecule has 0 radical (unpaired) electrons. The summed E-state index contributed by atoms with van der Waals surface area (Å²) in [5, 5.41) is 19.0. The third-order valence-electron chi connectivity index (χ3n) is 6.76. The van der Waals surface area contributed by atoms with Crippen LogP contribution in [0, 0.1) is 23.0 Å². The van der Waals surface area contributed by atoms with Gasteiger partial charge in [-0.15, -0.1) is 0 Å². The third-order valence-corrected chi connectivity index (χ3v) is 7.10. The minimum atomic E-state index is -4.91. The molecule has 214 valence electrons. The fourth-order valence-electron chi connectivity index (χ4n) is 4.58. The van der Waals surface area contributed by atoms with E-state index in [0.29, 0.717) is 23.3 Å². The zero-order valence-corrected chi connectivity index (χ0v) is 22.5. The predicted octanol–water partition coefficient (Wildman–Crippen LogP) is 6.84. The summed E-state index contributed by atoms with van der Waals surface area (Å²) >= 11 is 6.32. The molecule has 4 aromatic rings. The van der Waals surface area contributed by atoms with Crippen LogP contribution in [-0.2, 0) is 11.7 Å². The second kappa shape index (κ2) is 10.3. The lowest BCUT2D eigenvalue weighted by molar-refractivity contribution is -0.137. The van der Waals surface area contributed by atoms with E-state index in [1.54, 1.807) is 20.0 Å². The number of nitriles is 1. The van der Waals surface area contributed by atoms with Gasteiger partial charge in [0, 0.05) is 44.7 Å². The van der Waals surface area contributed by atoms with E-state index in [1.807, 2.05) is 0 Å². The molecule has 2 amide bonds. The summed E-state index contributed by atoms with van der Waals surface area (Å²) in [7, 11) is 0. The van der Waals surface area contributed by atoms with Crippen molar-refractivity contribution in [3.8, 4) is 17.2 Å². The third kappa shape index (κ3) is 5.31. The number of alkyl halides is 3. The standard InChI is InChI=1S/C29H19ClF5N5O2/c1-28(2,13-36)40-12-16(11-37-40)14-7-21-24(25(39-27(21)42)20-10-18(31)3-4-22(20)30)23(8-14)38-26(41)15-5-17(29(33,34)35)9-19(32)6-15/h3-12,25H,1-2H3,(H,38,41)(H,39,42). The number of fused-ring (bicyclic) bond motifs is 1. The van der Waals surface area contributed by atoms with Crippen LogP contribution in [0.3, 0.4) is 0 Å². The van der Waals surface area contributed by atoms with E-state index in [0.717, 1.165) is 12.1 Å². The Hall–Kier alpha value is -4.76. The molecular formula is C29H19ClF5N5O2. The van der Waals surface area contributed by atoms with Crippen molar-refractivity contribution in [1.82, 2.24) is 15.1 Å². The summed E-state index contributed by atoms with van der Waals surface area (Å²) in [6.07, 6.45) is -1.93. The molecule has 42 heavy (non-hydrogen) atoms. The summed E-state index contributed by atoms with van der Waals surface area (Å²) in [5.41, 5.74) is -1.82. The van der Waals surface area contributed by atoms with Crippen molar-refractivity contribution in [2.24, 2.45) is 0 Å². The van der Waals surface area contributed by atoms with E-state index < -0.39 is 52.3 Å². The number of nitrogens with one attached hydrogen (secondary N) is 2. The molecule has 1 atom stereocenters. The average Bonchev–Trinajstić information content (AvgIpc) is 3.55. The molecule has 5 rings (SSSR count). The lowest BCUT2D eigenvalue weighted by Gasteiger charge is -2.19. The second-order valence-corrected chi connectivity index (χ2v) is 10.5. The first-order valence-electron chi connectivity index (χ1n) is 12.3. The summed E-state index contributed by atoms with van der Waals surface area (Å²) in [4.78, 5) is 26.4. The number of aromatic nitrogens is 2. The smallest absolute Gasteiger partial charge is 0.341 e. The Kier molecular flexibility index (Phi) is 7.02. The highest BCUT2D eigenvalue weighted by Gasteiger charge is 2.36. The molecule has 1 aliphatic rings. The van der Waals surface area contributed by atoms with E-state index in [4.69, 9.17) is 11.6 Å². The second-order valence-electron chi connectivity index (χ2n) is 10.1. The first kappa shape index (κ1) is 28.8. The largest absolute Gasteiger partial charge is 0.416 e. The summed E-state index contributed by atoms with van der Waals surface area (Å²) in [5.74, 6) is -3.61. The van der Waals surface area contributed by atoms with E-state index >= 15 is 0 Å². The summed E-state index contributed by atoms with van der Waals surface area (Å²) < 4.78 is 69.6. The summed E-state index contributed by atoms with van der Waals surface area (Å²) in [6.45, 7) is 3.26. The number of rotatable bonds is 5. The fraction of sp³-hybridized carbons (Fsp3) is 0.172. The number of benzene rings is 3. The van der Waals surface area contributed by atoms with Crippen LogP contribution in [0.4, 0.5) is 27.6 Å². The highest BCUT2D eigenvalue weighted by molar-refractivity contribution is 6.31. The van der Waals surface area contributed by atoms with Gasteiger partial charge in [-0.3, -0.25) is 14.3 Å². The maximum Gasteiger partial charge on any atom is 0.416 e. The van der Waals surface area contributed by atoms with Gasteiger partial charge in [0.25, 0.3) is 11.8 Å². The van der Waals surface area contributed by atoms with Crippen LogP contribution in [0.15, 0.2) is 60.9 Å². The molecule has 7 nitrogen and oxygen atoms in total. The van der Waals surface area contributed by atoms with Crippen LogP contribution in [-0.4, -0.2) is 21.6 Å². The Morgan fingerprint density at radius 3 is 2.50 bits per heavy atom. The van der Waals surface area contributed by atoms with Gasteiger partial charge in [-0.2, -0.15) is 23.5 Å². The van der Waals surface area contributed by atoms with Crippen molar-refractivity contribution in [1.29, 1.82) is 5.26 Å². The molecule has 2 N–H and O–H groups in total. The normalized spacial score (nSPS) is 14.7. The monoisotopic (exact) mass is 599 g/mol. The molecule has 1 aliphatic heterocycles. The molecule has 3 aromatic carbocycles. The van der Waals surface area contributed by atoms with Gasteiger partial charge in [0.15, 0.2) is 0 Å². The van der Waals surface area contributed by atoms with Crippen LogP contribution >= 0.6 is 11.6 Å². The number of amides is 2. The quantitative estimate of drug-likeness (QED) is 0.245. The minimum absolute atomic E-state index is 0.0266. The zero-order valence-electron chi connectivity index (χ0n) is 21.8. The Morgan fingerprint density at radius 2 is 1.81 bits per heavy atom. The van der Waals surface area contributed by atoms with E-state index in [9.17, 15) is 36.8 Å². The maximum absolute atomic E-state index is 14.2. The first-order valence-corrected chi connectivity index (χ1v) is 12.7. The number of anilines is 1. The molecular weight excluding hydrogens is 581 g/mol. The van der Waals surface area contributed by atoms with Gasteiger partial charge in [-0.05, 0) is 67.9 Å². The predicted molar refractivity (Wildman–Crippen MR) is 143 cm³/mol. The van der Waals surface area contributed by atoms with Gasteiger partial charge in [0.05, 0.1) is 23.9 Å². The maximum atomic E-state index is 14.2.